The van der Waals surface area contributed by atoms with Crippen LogP contribution in [-0.2, 0) is 0 Å². The molecule has 1 saturated carbocycles. The number of rotatable bonds is 2. The summed E-state index contributed by atoms with van der Waals surface area (Å²) >= 11 is 0. The Kier molecular flexibility index (Phi) is 2.87. The molecule has 1 fully saturated rings. The molecule has 0 bridgehead atoms. The molecule has 1 aromatic heterocycles. The third kappa shape index (κ3) is 2.19. The molecule has 0 aliphatic heterocycles. The molecular formula is C11H15N3O2. The maximum atomic E-state index is 11.9. The van der Waals surface area contributed by atoms with Gasteiger partial charge in [-0.25, -0.2) is 0 Å². The minimum atomic E-state index is -0.260. The van der Waals surface area contributed by atoms with Crippen molar-refractivity contribution in [1.82, 2.24) is 15.5 Å². The van der Waals surface area contributed by atoms with E-state index in [9.17, 15) is 4.79 Å². The number of carbonyl (C=O) groups excluding carboxylic acids is 1. The number of aryl methyl sites for hydroxylation is 2. The quantitative estimate of drug-likeness (QED) is 0.755. The summed E-state index contributed by atoms with van der Waals surface area (Å²) in [6.45, 7) is 3.56. The zero-order valence-corrected chi connectivity index (χ0v) is 9.40. The number of nitrogens with one attached hydrogen (secondary N) is 1. The number of aromatic nitrogens is 2. The zero-order chi connectivity index (χ0) is 11.7. The van der Waals surface area contributed by atoms with Gasteiger partial charge < -0.3 is 10.4 Å². The largest absolute Gasteiger partial charge is 0.393 e. The molecule has 16 heavy (non-hydrogen) atoms. The first-order valence-corrected chi connectivity index (χ1v) is 5.36. The van der Waals surface area contributed by atoms with E-state index in [1.165, 1.54) is 0 Å². The lowest BCUT2D eigenvalue weighted by molar-refractivity contribution is 0.0562. The Balaban J connectivity index is 2.05. The van der Waals surface area contributed by atoms with Gasteiger partial charge in [-0.15, -0.1) is 0 Å². The van der Waals surface area contributed by atoms with Crippen molar-refractivity contribution < 1.29 is 9.90 Å². The molecule has 0 saturated heterocycles. The highest BCUT2D eigenvalue weighted by Gasteiger charge is 2.29. The number of hydrogen-bond acceptors (Lipinski definition) is 4. The van der Waals surface area contributed by atoms with Gasteiger partial charge in [0.15, 0.2) is 0 Å². The van der Waals surface area contributed by atoms with Crippen LogP contribution in [0.15, 0.2) is 6.07 Å². The Morgan fingerprint density at radius 2 is 2.12 bits per heavy atom. The van der Waals surface area contributed by atoms with Crippen LogP contribution in [0.1, 0.15) is 34.6 Å². The summed E-state index contributed by atoms with van der Waals surface area (Å²) in [5.41, 5.74) is 1.92. The number of hydrogen-bond donors (Lipinski definition) is 2. The molecule has 5 nitrogen and oxygen atoms in total. The monoisotopic (exact) mass is 221 g/mol. The Morgan fingerprint density at radius 1 is 1.44 bits per heavy atom. The first-order chi connectivity index (χ1) is 7.56. The van der Waals surface area contributed by atoms with E-state index >= 15 is 0 Å². The fourth-order valence-electron chi connectivity index (χ4n) is 1.75. The van der Waals surface area contributed by atoms with Gasteiger partial charge in [-0.05, 0) is 32.8 Å². The highest BCUT2D eigenvalue weighted by atomic mass is 16.3. The Hall–Kier alpha value is -1.49. The third-order valence-electron chi connectivity index (χ3n) is 2.79. The normalized spacial score (nSPS) is 23.7. The van der Waals surface area contributed by atoms with E-state index in [1.54, 1.807) is 19.9 Å². The number of carbonyl (C=O) groups is 1. The molecule has 1 amide bonds. The molecular weight excluding hydrogens is 206 g/mol. The Bertz CT molecular complexity index is 414. The van der Waals surface area contributed by atoms with Crippen molar-refractivity contribution in [2.45, 2.75) is 38.8 Å². The van der Waals surface area contributed by atoms with E-state index in [4.69, 9.17) is 5.11 Å². The smallest absolute Gasteiger partial charge is 0.253 e. The third-order valence-corrected chi connectivity index (χ3v) is 2.79. The SMILES string of the molecule is Cc1cc(C(=O)NC2CC(O)C2)c(C)nn1. The van der Waals surface area contributed by atoms with Crippen molar-refractivity contribution in [3.05, 3.63) is 23.0 Å². The molecule has 0 unspecified atom stereocenters. The molecule has 2 rings (SSSR count). The fraction of sp³-hybridized carbons (Fsp3) is 0.545. The fourth-order valence-corrected chi connectivity index (χ4v) is 1.75. The molecule has 86 valence electrons. The number of nitrogens with zero attached hydrogens (tertiary/aromatic N) is 2. The van der Waals surface area contributed by atoms with Crippen molar-refractivity contribution in [3.63, 3.8) is 0 Å². The van der Waals surface area contributed by atoms with Crippen molar-refractivity contribution in [2.75, 3.05) is 0 Å². The van der Waals surface area contributed by atoms with Crippen molar-refractivity contribution >= 4 is 5.91 Å². The van der Waals surface area contributed by atoms with Crippen molar-refractivity contribution in [1.29, 1.82) is 0 Å². The number of aliphatic hydroxyl groups excluding tert-OH is 1. The summed E-state index contributed by atoms with van der Waals surface area (Å²) in [4.78, 5) is 11.9. The second-order valence-corrected chi connectivity index (χ2v) is 4.28. The van der Waals surface area contributed by atoms with Crippen LogP contribution in [0.5, 0.6) is 0 Å². The van der Waals surface area contributed by atoms with E-state index in [0.29, 0.717) is 24.1 Å². The van der Waals surface area contributed by atoms with E-state index in [1.807, 2.05) is 0 Å². The van der Waals surface area contributed by atoms with Gasteiger partial charge in [0, 0.05) is 6.04 Å². The average molecular weight is 221 g/mol. The lowest BCUT2D eigenvalue weighted by atomic mass is 9.89. The summed E-state index contributed by atoms with van der Waals surface area (Å²) in [7, 11) is 0. The Morgan fingerprint density at radius 3 is 2.75 bits per heavy atom. The number of aliphatic hydroxyl groups is 1. The summed E-state index contributed by atoms with van der Waals surface area (Å²) in [6, 6.07) is 1.82. The van der Waals surface area contributed by atoms with Crippen LogP contribution < -0.4 is 5.32 Å². The van der Waals surface area contributed by atoms with Gasteiger partial charge in [-0.2, -0.15) is 10.2 Å². The summed E-state index contributed by atoms with van der Waals surface area (Å²) in [5, 5.41) is 19.8. The second kappa shape index (κ2) is 4.17. The summed E-state index contributed by atoms with van der Waals surface area (Å²) in [5.74, 6) is -0.132. The van der Waals surface area contributed by atoms with Gasteiger partial charge in [-0.1, -0.05) is 0 Å². The van der Waals surface area contributed by atoms with Crippen LogP contribution in [0.2, 0.25) is 0 Å². The van der Waals surface area contributed by atoms with E-state index in [2.05, 4.69) is 15.5 Å². The van der Waals surface area contributed by atoms with Crippen LogP contribution in [0.3, 0.4) is 0 Å². The Labute approximate surface area is 93.9 Å². The molecule has 1 heterocycles. The lowest BCUT2D eigenvalue weighted by Crippen LogP contribution is -2.46. The van der Waals surface area contributed by atoms with Gasteiger partial charge in [0.2, 0.25) is 0 Å². The molecule has 0 aromatic carbocycles. The molecule has 5 heteroatoms. The van der Waals surface area contributed by atoms with Crippen LogP contribution in [-0.4, -0.2) is 33.4 Å². The molecule has 0 radical (unpaired) electrons. The van der Waals surface area contributed by atoms with E-state index < -0.39 is 0 Å². The van der Waals surface area contributed by atoms with Gasteiger partial charge in [-0.3, -0.25) is 4.79 Å². The molecule has 0 spiro atoms. The second-order valence-electron chi connectivity index (χ2n) is 4.28. The lowest BCUT2D eigenvalue weighted by Gasteiger charge is -2.32. The summed E-state index contributed by atoms with van der Waals surface area (Å²) in [6.07, 6.45) is 1.02. The predicted molar refractivity (Wildman–Crippen MR) is 58.0 cm³/mol. The molecule has 2 N–H and O–H groups in total. The highest BCUT2D eigenvalue weighted by molar-refractivity contribution is 5.95. The molecule has 1 aliphatic rings. The highest BCUT2D eigenvalue weighted by Crippen LogP contribution is 2.20. The van der Waals surface area contributed by atoms with Gasteiger partial charge in [0.1, 0.15) is 0 Å². The molecule has 0 atom stereocenters. The number of amides is 1. The van der Waals surface area contributed by atoms with E-state index in [-0.39, 0.29) is 18.1 Å². The average Bonchev–Trinajstić information content (AvgIpc) is 2.19. The predicted octanol–water partition coefficient (Wildman–Crippen LogP) is 0.347. The minimum absolute atomic E-state index is 0.0929. The van der Waals surface area contributed by atoms with Gasteiger partial charge >= 0.3 is 0 Å². The van der Waals surface area contributed by atoms with Crippen LogP contribution in [0.25, 0.3) is 0 Å². The standard InChI is InChI=1S/C11H15N3O2/c1-6-3-10(7(2)14-13-6)11(16)12-8-4-9(15)5-8/h3,8-9,15H,4-5H2,1-2H3,(H,12,16). The minimum Gasteiger partial charge on any atom is -0.393 e. The molecule has 1 aromatic rings. The van der Waals surface area contributed by atoms with Crippen LogP contribution >= 0.6 is 0 Å². The van der Waals surface area contributed by atoms with Crippen molar-refractivity contribution in [3.8, 4) is 0 Å². The maximum absolute atomic E-state index is 11.9. The van der Waals surface area contributed by atoms with Gasteiger partial charge in [0.05, 0.1) is 23.1 Å². The maximum Gasteiger partial charge on any atom is 0.253 e. The zero-order valence-electron chi connectivity index (χ0n) is 9.40. The van der Waals surface area contributed by atoms with Crippen molar-refractivity contribution in [2.24, 2.45) is 0 Å². The first kappa shape index (κ1) is 11.0. The van der Waals surface area contributed by atoms with Gasteiger partial charge in [0.25, 0.3) is 5.91 Å². The van der Waals surface area contributed by atoms with Crippen LogP contribution in [0.4, 0.5) is 0 Å². The van der Waals surface area contributed by atoms with Crippen LogP contribution in [0, 0.1) is 13.8 Å². The molecule has 1 aliphatic carbocycles. The summed E-state index contributed by atoms with van der Waals surface area (Å²) < 4.78 is 0. The first-order valence-electron chi connectivity index (χ1n) is 5.36. The topological polar surface area (TPSA) is 75.1 Å². The van der Waals surface area contributed by atoms with E-state index in [0.717, 1.165) is 5.69 Å².